The molecule has 1 saturated heterocycles. The minimum Gasteiger partial charge on any atom is -0.381 e. The van der Waals surface area contributed by atoms with Crippen LogP contribution in [0.15, 0.2) is 24.3 Å². The van der Waals surface area contributed by atoms with E-state index in [2.05, 4.69) is 144 Å². The van der Waals surface area contributed by atoms with Crippen LogP contribution in [0.2, 0.25) is 86.6 Å². The monoisotopic (exact) mass is 654 g/mol. The number of fused-ring (bicyclic) bond motifs is 1. The molecule has 4 atom stereocenters. The number of ether oxygens (including phenoxy) is 1. The van der Waals surface area contributed by atoms with Gasteiger partial charge < -0.3 is 25.3 Å². The maximum Gasteiger partial charge on any atom is 3.00 e. The minimum atomic E-state index is -1.32. The second kappa shape index (κ2) is 17.6. The Morgan fingerprint density at radius 3 is 1.02 bits per heavy atom. The average Bonchev–Trinajstić information content (AvgIpc) is 3.35. The molecule has 0 aromatic carbocycles. The fourth-order valence-corrected chi connectivity index (χ4v) is 11.9. The summed E-state index contributed by atoms with van der Waals surface area (Å²) in [6, 6.07) is 0. The van der Waals surface area contributed by atoms with Crippen LogP contribution >= 0.6 is 0 Å². The third-order valence-electron chi connectivity index (χ3n) is 9.21. The van der Waals surface area contributed by atoms with Gasteiger partial charge >= 0.3 is 25.8 Å². The summed E-state index contributed by atoms with van der Waals surface area (Å²) in [6.45, 7) is 48.7. The van der Waals surface area contributed by atoms with Crippen LogP contribution in [-0.4, -0.2) is 45.5 Å². The van der Waals surface area contributed by atoms with Gasteiger partial charge in [0.05, 0.1) is 16.1 Å². The van der Waals surface area contributed by atoms with Crippen molar-refractivity contribution in [2.24, 2.45) is 11.8 Å². The fraction of sp³-hybridized carbons (Fsp3) is 0.794. The largest absolute Gasteiger partial charge is 3.00 e. The first-order valence-corrected chi connectivity index (χ1v) is 28.9. The van der Waals surface area contributed by atoms with Gasteiger partial charge in [0.1, 0.15) is 0 Å². The van der Waals surface area contributed by atoms with E-state index in [1.165, 1.54) is 19.3 Å². The Morgan fingerprint density at radius 1 is 0.600 bits per heavy atom. The van der Waals surface area contributed by atoms with Gasteiger partial charge in [0.15, 0.2) is 0 Å². The van der Waals surface area contributed by atoms with Gasteiger partial charge in [-0.05, 0) is 45.8 Å². The van der Waals surface area contributed by atoms with E-state index in [-0.39, 0.29) is 33.3 Å². The molecule has 0 aromatic heterocycles. The van der Waals surface area contributed by atoms with Crippen molar-refractivity contribution in [3.8, 4) is 0 Å². The fourth-order valence-electron chi connectivity index (χ4n) is 5.21. The van der Waals surface area contributed by atoms with Gasteiger partial charge in [-0.2, -0.15) is 0 Å². The molecule has 2 fully saturated rings. The van der Waals surface area contributed by atoms with Crippen LogP contribution in [0.4, 0.5) is 0 Å². The molecule has 0 aromatic rings. The molecule has 3 rings (SSSR count). The van der Waals surface area contributed by atoms with Crippen molar-refractivity contribution in [1.29, 1.82) is 0 Å². The Balaban J connectivity index is -0.000000660. The molecule has 0 radical (unpaired) electrons. The van der Waals surface area contributed by atoms with Gasteiger partial charge in [-0.25, -0.2) is 0 Å². The van der Waals surface area contributed by atoms with Crippen LogP contribution in [0, 0.1) is 32.4 Å². The summed E-state index contributed by atoms with van der Waals surface area (Å²) in [6.07, 6.45) is 13.8. The predicted octanol–water partition coefficient (Wildman–Crippen LogP) is 12.1. The van der Waals surface area contributed by atoms with Crippen molar-refractivity contribution >= 4 is 32.3 Å². The summed E-state index contributed by atoms with van der Waals surface area (Å²) in [7, 11) is -4.37. The zero-order chi connectivity index (χ0) is 30.4. The average molecular weight is 655 g/mol. The minimum absolute atomic E-state index is 0. The van der Waals surface area contributed by atoms with Gasteiger partial charge in [0.2, 0.25) is 0 Å². The Morgan fingerprint density at radius 2 is 0.850 bits per heavy atom. The Bertz CT molecular complexity index is 664. The van der Waals surface area contributed by atoms with Crippen molar-refractivity contribution in [2.75, 3.05) is 13.2 Å². The maximum atomic E-state index is 4.94. The molecule has 4 unspecified atom stereocenters. The van der Waals surface area contributed by atoms with E-state index in [1.54, 1.807) is 0 Å². The molecule has 2 aliphatic carbocycles. The second-order valence-electron chi connectivity index (χ2n) is 17.8. The van der Waals surface area contributed by atoms with Crippen LogP contribution in [0.3, 0.4) is 0 Å². The van der Waals surface area contributed by atoms with Crippen LogP contribution in [0.1, 0.15) is 60.8 Å². The van der Waals surface area contributed by atoms with E-state index >= 15 is 0 Å². The van der Waals surface area contributed by atoms with Gasteiger partial charge in [-0.15, -0.1) is 16.1 Å². The second-order valence-corrected chi connectivity index (χ2v) is 39.4. The molecule has 234 valence electrons. The van der Waals surface area contributed by atoms with Gasteiger partial charge in [0, 0.05) is 13.2 Å². The molecule has 1 aliphatic heterocycles. The molecule has 3 aliphatic rings. The van der Waals surface area contributed by atoms with Crippen LogP contribution in [0.25, 0.3) is 0 Å². The first-order valence-electron chi connectivity index (χ1n) is 15.3. The molecule has 6 heteroatoms. The predicted molar refractivity (Wildman–Crippen MR) is 196 cm³/mol. The molecule has 0 bridgehead atoms. The Kier molecular flexibility index (Phi) is 20.1. The standard InChI is InChI=1S/C21H40Si2.C4H8O.2C4H11Si.CH3.Sc/c1-20(2,3)22(7,8)18-15-19(23(9,10)21(4,5)6)17-14-12-11-13-16(17)18;1-2-4-5-3-1;2*1-5(2,3)4;;/h11-14,16-19H,15H2,1-10H3;1-4H2;2*1H2,2-4H3;1H3;/q;;3*-1;+3. The van der Waals surface area contributed by atoms with Gasteiger partial charge in [-0.3, -0.25) is 0 Å². The smallest absolute Gasteiger partial charge is 0.381 e. The quantitative estimate of drug-likeness (QED) is 0.213. The van der Waals surface area contributed by atoms with Gasteiger partial charge in [-0.1, -0.05) is 138 Å². The molecule has 0 N–H and O–H groups in total. The normalized spacial score (nSPS) is 24.6. The zero-order valence-corrected chi connectivity index (χ0v) is 36.4. The summed E-state index contributed by atoms with van der Waals surface area (Å²) in [5.41, 5.74) is 1.88. The number of hydrogen-bond donors (Lipinski definition) is 0. The number of rotatable bonds is 2. The molecular formula is C34H73OScSi4. The van der Waals surface area contributed by atoms with Crippen LogP contribution < -0.4 is 0 Å². The van der Waals surface area contributed by atoms with E-state index in [9.17, 15) is 0 Å². The summed E-state index contributed by atoms with van der Waals surface area (Å²) in [5.74, 6) is 1.61. The molecule has 0 amide bonds. The summed E-state index contributed by atoms with van der Waals surface area (Å²) < 4.78 is 4.94. The van der Waals surface area contributed by atoms with Crippen LogP contribution in [0.5, 0.6) is 0 Å². The van der Waals surface area contributed by atoms with E-state index in [0.717, 1.165) is 36.1 Å². The maximum absolute atomic E-state index is 4.94. The van der Waals surface area contributed by atoms with Crippen molar-refractivity contribution in [2.45, 2.75) is 147 Å². The first-order chi connectivity index (χ1) is 16.7. The molecule has 40 heavy (non-hydrogen) atoms. The number of allylic oxidation sites excluding steroid dienone is 4. The third kappa shape index (κ3) is 16.3. The molecule has 1 saturated carbocycles. The summed E-state index contributed by atoms with van der Waals surface area (Å²) in [5, 5.41) is 0.971. The van der Waals surface area contributed by atoms with E-state index in [1.807, 2.05) is 0 Å². The zero-order valence-electron chi connectivity index (χ0n) is 30.6. The van der Waals surface area contributed by atoms with Crippen molar-refractivity contribution in [1.82, 2.24) is 0 Å². The molecule has 1 nitrogen and oxygen atoms in total. The summed E-state index contributed by atoms with van der Waals surface area (Å²) in [4.78, 5) is 0. The third-order valence-corrected chi connectivity index (χ3v) is 21.9. The first kappa shape index (κ1) is 45.6. The van der Waals surface area contributed by atoms with Crippen LogP contribution in [-0.2, 0) is 30.6 Å². The Hall–Kier alpha value is 1.18. The Labute approximate surface area is 278 Å². The molecule has 0 spiro atoms. The summed E-state index contributed by atoms with van der Waals surface area (Å²) >= 11 is 0. The van der Waals surface area contributed by atoms with E-state index < -0.39 is 32.3 Å². The van der Waals surface area contributed by atoms with Crippen molar-refractivity contribution in [3.63, 3.8) is 0 Å². The van der Waals surface area contributed by atoms with Gasteiger partial charge in [0.25, 0.3) is 0 Å². The van der Waals surface area contributed by atoms with E-state index in [4.69, 9.17) is 4.74 Å². The molecule has 1 heterocycles. The molecular weight excluding hydrogens is 582 g/mol. The number of hydrogen-bond acceptors (Lipinski definition) is 1. The van der Waals surface area contributed by atoms with E-state index in [0.29, 0.717) is 10.1 Å². The van der Waals surface area contributed by atoms with Crippen molar-refractivity contribution < 1.29 is 30.6 Å². The SMILES string of the molecule is C1CCOC1.CC(C)(C)[Si](C)(C)C1CC([Si](C)(C)C(C)(C)C)C2C=CC=CC21.[CH2-][Si](C)(C)C.[CH2-][Si](C)(C)C.[CH3-].[Sc+3]. The topological polar surface area (TPSA) is 9.23 Å². The van der Waals surface area contributed by atoms with Crippen molar-refractivity contribution in [3.05, 3.63) is 44.8 Å².